The highest BCUT2D eigenvalue weighted by Gasteiger charge is 2.22. The number of nitrogens with one attached hydrogen (secondary N) is 1. The Hall–Kier alpha value is -1.14. The molecule has 4 N–H and O–H groups in total. The monoisotopic (exact) mass is 214 g/mol. The van der Waals surface area contributed by atoms with Crippen molar-refractivity contribution in [3.05, 3.63) is 16.6 Å². The van der Waals surface area contributed by atoms with Crippen molar-refractivity contribution in [2.24, 2.45) is 10.9 Å². The lowest BCUT2D eigenvalue weighted by Crippen LogP contribution is -2.41. The Morgan fingerprint density at radius 3 is 3.00 bits per heavy atom. The molecule has 1 rings (SSSR count). The highest BCUT2D eigenvalue weighted by Crippen LogP contribution is 2.21. The predicted octanol–water partition coefficient (Wildman–Crippen LogP) is 0.714. The number of rotatable bonds is 4. The molecule has 0 bridgehead atoms. The van der Waals surface area contributed by atoms with E-state index in [4.69, 9.17) is 10.9 Å². The van der Waals surface area contributed by atoms with Gasteiger partial charge >= 0.3 is 0 Å². The van der Waals surface area contributed by atoms with Crippen molar-refractivity contribution < 1.29 is 5.21 Å². The van der Waals surface area contributed by atoms with Gasteiger partial charge in [0.25, 0.3) is 0 Å². The van der Waals surface area contributed by atoms with E-state index in [0.29, 0.717) is 6.54 Å². The van der Waals surface area contributed by atoms with Gasteiger partial charge in [-0.25, -0.2) is 4.98 Å². The summed E-state index contributed by atoms with van der Waals surface area (Å²) in [5.41, 5.74) is 5.09. The minimum Gasteiger partial charge on any atom is -0.409 e. The molecule has 5 nitrogen and oxygen atoms in total. The first-order valence-corrected chi connectivity index (χ1v) is 5.05. The van der Waals surface area contributed by atoms with Crippen LogP contribution in [0.25, 0.3) is 0 Å². The van der Waals surface area contributed by atoms with Crippen LogP contribution in [0.1, 0.15) is 18.9 Å². The molecule has 0 spiro atoms. The normalized spacial score (nSPS) is 13.1. The molecule has 1 aromatic heterocycles. The van der Waals surface area contributed by atoms with E-state index in [-0.39, 0.29) is 11.4 Å². The van der Waals surface area contributed by atoms with E-state index >= 15 is 0 Å². The molecule has 0 atom stereocenters. The van der Waals surface area contributed by atoms with Crippen molar-refractivity contribution in [3.63, 3.8) is 0 Å². The molecule has 6 heteroatoms. The molecule has 0 aliphatic rings. The smallest absolute Gasteiger partial charge is 0.153 e. The number of nitrogens with zero attached hydrogens (tertiary/aromatic N) is 2. The first-order valence-electron chi connectivity index (χ1n) is 4.17. The van der Waals surface area contributed by atoms with Crippen molar-refractivity contribution in [2.75, 3.05) is 6.54 Å². The molecule has 78 valence electrons. The summed E-state index contributed by atoms with van der Waals surface area (Å²) < 4.78 is 0. The molecule has 0 aromatic carbocycles. The van der Waals surface area contributed by atoms with Crippen LogP contribution in [0.3, 0.4) is 0 Å². The summed E-state index contributed by atoms with van der Waals surface area (Å²) in [4.78, 5) is 4.20. The Labute approximate surface area is 86.6 Å². The number of hydrogen-bond donors (Lipinski definition) is 3. The molecule has 0 amide bonds. The second-order valence-corrected chi connectivity index (χ2v) is 4.30. The third kappa shape index (κ3) is 2.68. The molecule has 0 fully saturated rings. The minimum atomic E-state index is -0.260. The van der Waals surface area contributed by atoms with Gasteiger partial charge in [0.15, 0.2) is 5.84 Å². The number of oxime groups is 1. The van der Waals surface area contributed by atoms with Crippen LogP contribution in [-0.2, 0) is 5.54 Å². The summed E-state index contributed by atoms with van der Waals surface area (Å²) in [6.07, 6.45) is 1.76. The highest BCUT2D eigenvalue weighted by molar-refractivity contribution is 7.09. The van der Waals surface area contributed by atoms with Gasteiger partial charge in [0.1, 0.15) is 5.01 Å². The fourth-order valence-corrected chi connectivity index (χ4v) is 1.69. The zero-order chi connectivity index (χ0) is 10.6. The molecule has 1 heterocycles. The molecule has 0 saturated heterocycles. The Bertz CT molecular complexity index is 307. The second kappa shape index (κ2) is 4.39. The summed E-state index contributed by atoms with van der Waals surface area (Å²) in [5.74, 6) is 0.162. The van der Waals surface area contributed by atoms with Crippen LogP contribution >= 0.6 is 11.3 Å². The van der Waals surface area contributed by atoms with Gasteiger partial charge in [0, 0.05) is 11.6 Å². The van der Waals surface area contributed by atoms with E-state index in [1.165, 1.54) is 0 Å². The van der Waals surface area contributed by atoms with Crippen molar-refractivity contribution in [1.82, 2.24) is 10.3 Å². The zero-order valence-electron chi connectivity index (χ0n) is 8.19. The second-order valence-electron chi connectivity index (χ2n) is 3.41. The topological polar surface area (TPSA) is 83.5 Å². The molecule has 0 saturated carbocycles. The predicted molar refractivity (Wildman–Crippen MR) is 56.6 cm³/mol. The van der Waals surface area contributed by atoms with Gasteiger partial charge in [0.05, 0.1) is 12.1 Å². The lowest BCUT2D eigenvalue weighted by molar-refractivity contribution is 0.315. The highest BCUT2D eigenvalue weighted by atomic mass is 32.1. The summed E-state index contributed by atoms with van der Waals surface area (Å²) in [5, 5.41) is 17.3. The maximum atomic E-state index is 8.37. The van der Waals surface area contributed by atoms with Crippen LogP contribution in [0.5, 0.6) is 0 Å². The van der Waals surface area contributed by atoms with E-state index in [2.05, 4.69) is 15.5 Å². The maximum absolute atomic E-state index is 8.37. The molecule has 14 heavy (non-hydrogen) atoms. The van der Waals surface area contributed by atoms with E-state index < -0.39 is 0 Å². The summed E-state index contributed by atoms with van der Waals surface area (Å²) in [6, 6.07) is 0. The first kappa shape index (κ1) is 10.9. The Morgan fingerprint density at radius 2 is 2.50 bits per heavy atom. The number of amidine groups is 1. The van der Waals surface area contributed by atoms with Gasteiger partial charge in [-0.3, -0.25) is 5.32 Å². The number of aromatic nitrogens is 1. The average Bonchev–Trinajstić information content (AvgIpc) is 2.67. The Morgan fingerprint density at radius 1 is 1.79 bits per heavy atom. The third-order valence-corrected chi connectivity index (χ3v) is 2.90. The van der Waals surface area contributed by atoms with E-state index in [1.807, 2.05) is 19.2 Å². The standard InChI is InChI=1S/C8H14N4OS/c1-8(2,7-10-3-4-14-7)11-5-6(9)12-13/h3-4,11,13H,5H2,1-2H3,(H2,9,12). The molecule has 0 aliphatic heterocycles. The van der Waals surface area contributed by atoms with Gasteiger partial charge in [-0.15, -0.1) is 11.3 Å². The minimum absolute atomic E-state index is 0.162. The first-order chi connectivity index (χ1) is 6.56. The van der Waals surface area contributed by atoms with Gasteiger partial charge in [-0.1, -0.05) is 5.16 Å². The molecule has 0 unspecified atom stereocenters. The molecule has 0 radical (unpaired) electrons. The SMILES string of the molecule is CC(C)(NC/C(N)=N/O)c1nccs1. The van der Waals surface area contributed by atoms with Crippen LogP contribution in [-0.4, -0.2) is 22.6 Å². The van der Waals surface area contributed by atoms with Crippen LogP contribution in [0.15, 0.2) is 16.7 Å². The van der Waals surface area contributed by atoms with Crippen LogP contribution in [0, 0.1) is 0 Å². The number of hydrogen-bond acceptors (Lipinski definition) is 5. The van der Waals surface area contributed by atoms with Gasteiger partial charge in [-0.05, 0) is 13.8 Å². The largest absolute Gasteiger partial charge is 0.409 e. The van der Waals surface area contributed by atoms with Crippen molar-refractivity contribution >= 4 is 17.2 Å². The number of nitrogens with two attached hydrogens (primary N) is 1. The summed E-state index contributed by atoms with van der Waals surface area (Å²) >= 11 is 1.57. The summed E-state index contributed by atoms with van der Waals surface area (Å²) in [7, 11) is 0. The molecular formula is C8H14N4OS. The van der Waals surface area contributed by atoms with E-state index in [9.17, 15) is 0 Å². The van der Waals surface area contributed by atoms with Gasteiger partial charge in [0.2, 0.25) is 0 Å². The summed E-state index contributed by atoms with van der Waals surface area (Å²) in [6.45, 7) is 4.33. The fourth-order valence-electron chi connectivity index (χ4n) is 0.955. The van der Waals surface area contributed by atoms with Crippen LogP contribution < -0.4 is 11.1 Å². The Balaban J connectivity index is 2.59. The van der Waals surface area contributed by atoms with Gasteiger partial charge in [-0.2, -0.15) is 0 Å². The molecule has 0 aliphatic carbocycles. The average molecular weight is 214 g/mol. The van der Waals surface area contributed by atoms with Crippen molar-refractivity contribution in [2.45, 2.75) is 19.4 Å². The van der Waals surface area contributed by atoms with Crippen molar-refractivity contribution in [1.29, 1.82) is 0 Å². The quantitative estimate of drug-likeness (QED) is 0.298. The van der Waals surface area contributed by atoms with Crippen molar-refractivity contribution in [3.8, 4) is 0 Å². The Kier molecular flexibility index (Phi) is 3.43. The third-order valence-electron chi connectivity index (χ3n) is 1.81. The van der Waals surface area contributed by atoms with E-state index in [0.717, 1.165) is 5.01 Å². The van der Waals surface area contributed by atoms with Gasteiger partial charge < -0.3 is 10.9 Å². The van der Waals surface area contributed by atoms with Crippen LogP contribution in [0.4, 0.5) is 0 Å². The maximum Gasteiger partial charge on any atom is 0.153 e. The molecule has 1 aromatic rings. The fraction of sp³-hybridized carbons (Fsp3) is 0.500. The molecular weight excluding hydrogens is 200 g/mol. The lowest BCUT2D eigenvalue weighted by atomic mass is 10.1. The van der Waals surface area contributed by atoms with Crippen LogP contribution in [0.2, 0.25) is 0 Å². The zero-order valence-corrected chi connectivity index (χ0v) is 9.01. The van der Waals surface area contributed by atoms with E-state index in [1.54, 1.807) is 17.5 Å². The number of thiazole rings is 1. The lowest BCUT2D eigenvalue weighted by Gasteiger charge is -2.23.